The van der Waals surface area contributed by atoms with Gasteiger partial charge in [0.1, 0.15) is 21.5 Å². The fourth-order valence-corrected chi connectivity index (χ4v) is 6.95. The Kier molecular flexibility index (Phi) is 7.73. The van der Waals surface area contributed by atoms with Gasteiger partial charge in [-0.1, -0.05) is 43.3 Å². The van der Waals surface area contributed by atoms with Crippen molar-refractivity contribution in [2.75, 3.05) is 19.6 Å². The van der Waals surface area contributed by atoms with E-state index in [1.807, 2.05) is 47.4 Å². The Hall–Kier alpha value is -3.63. The molecule has 0 N–H and O–H groups in total. The van der Waals surface area contributed by atoms with Crippen molar-refractivity contribution in [2.45, 2.75) is 77.3 Å². The highest BCUT2D eigenvalue weighted by Crippen LogP contribution is 2.37. The first kappa shape index (κ1) is 28.2. The second-order valence-corrected chi connectivity index (χ2v) is 13.6. The predicted molar refractivity (Wildman–Crippen MR) is 165 cm³/mol. The molecule has 3 fully saturated rings. The Morgan fingerprint density at radius 2 is 1.79 bits per heavy atom. The molecule has 1 unspecified atom stereocenters. The molecule has 1 amide bonds. The quantitative estimate of drug-likeness (QED) is 0.206. The van der Waals surface area contributed by atoms with Gasteiger partial charge in [0.05, 0.1) is 0 Å². The number of hydrogen-bond donors (Lipinski definition) is 0. The molecule has 1 atom stereocenters. The molecule has 9 nitrogen and oxygen atoms in total. The molecule has 4 heterocycles. The first-order valence-electron chi connectivity index (χ1n) is 15.5. The molecular weight excluding hydrogens is 560 g/mol. The lowest BCUT2D eigenvalue weighted by atomic mass is 9.96. The van der Waals surface area contributed by atoms with Crippen molar-refractivity contribution in [2.24, 2.45) is 5.92 Å². The zero-order valence-corrected chi connectivity index (χ0v) is 25.8. The smallest absolute Gasteiger partial charge is 0.258 e. The second-order valence-electron chi connectivity index (χ2n) is 12.6. The maximum absolute atomic E-state index is 12.6. The number of carbonyl (C=O) groups excluding carboxylic acids is 1. The van der Waals surface area contributed by atoms with Gasteiger partial charge < -0.3 is 19.1 Å². The number of amides is 1. The third kappa shape index (κ3) is 6.21. The van der Waals surface area contributed by atoms with E-state index in [0.29, 0.717) is 48.1 Å². The van der Waals surface area contributed by atoms with E-state index in [2.05, 4.69) is 41.0 Å². The largest absolute Gasteiger partial charge is 0.457 e. The summed E-state index contributed by atoms with van der Waals surface area (Å²) in [6, 6.07) is 14.7. The molecule has 224 valence electrons. The van der Waals surface area contributed by atoms with Gasteiger partial charge >= 0.3 is 0 Å². The van der Waals surface area contributed by atoms with Gasteiger partial charge in [-0.15, -0.1) is 10.2 Å². The molecule has 0 spiro atoms. The Morgan fingerprint density at radius 1 is 1.02 bits per heavy atom. The van der Waals surface area contributed by atoms with Gasteiger partial charge in [-0.25, -0.2) is 0 Å². The molecule has 2 aromatic carbocycles. The van der Waals surface area contributed by atoms with Gasteiger partial charge in [0.15, 0.2) is 5.82 Å². The third-order valence-electron chi connectivity index (χ3n) is 8.75. The average Bonchev–Trinajstić information content (AvgIpc) is 3.37. The molecule has 1 aliphatic carbocycles. The normalized spacial score (nSPS) is 20.0. The average molecular weight is 599 g/mol. The van der Waals surface area contributed by atoms with Crippen LogP contribution in [0.5, 0.6) is 11.5 Å². The minimum absolute atomic E-state index is 0.180. The van der Waals surface area contributed by atoms with Crippen LogP contribution in [0.25, 0.3) is 22.0 Å². The van der Waals surface area contributed by atoms with Gasteiger partial charge in [0, 0.05) is 54.1 Å². The summed E-state index contributed by atoms with van der Waals surface area (Å²) in [6.07, 6.45) is 5.40. The Balaban J connectivity index is 1.12. The lowest BCUT2D eigenvalue weighted by Crippen LogP contribution is -2.34. The molecule has 43 heavy (non-hydrogen) atoms. The highest BCUT2D eigenvalue weighted by molar-refractivity contribution is 7.14. The molecule has 2 aliphatic heterocycles. The summed E-state index contributed by atoms with van der Waals surface area (Å²) >= 11 is 1.61. The SMILES string of the molecule is CC1CC(=O)N(Cc2ccc(-c3nc(C4CCN(C5CC5)CC4)no3)cc2Oc2ccc(-c3nnc(C(C)C)s3)cc2)C1. The van der Waals surface area contributed by atoms with Crippen molar-refractivity contribution in [3.05, 3.63) is 58.9 Å². The molecule has 0 bridgehead atoms. The maximum atomic E-state index is 12.6. The zero-order chi connectivity index (χ0) is 29.5. The standard InChI is InChI=1S/C33H38N6O3S/c1-20(2)32-35-36-33(43-32)23-6-10-27(11-7-23)41-28-17-24(4-5-25(28)19-39-18-21(3)16-29(39)40)31-34-30(37-42-31)22-12-14-38(15-13-22)26-8-9-26/h4-7,10-11,17,20-22,26H,8-9,12-16,18-19H2,1-3H3. The van der Waals surface area contributed by atoms with E-state index in [4.69, 9.17) is 14.2 Å². The Morgan fingerprint density at radius 3 is 2.47 bits per heavy atom. The number of aromatic nitrogens is 4. The number of piperidine rings is 1. The number of ether oxygens (including phenoxy) is 1. The molecule has 1 saturated carbocycles. The first-order chi connectivity index (χ1) is 20.9. The van der Waals surface area contributed by atoms with Crippen LogP contribution in [0.3, 0.4) is 0 Å². The van der Waals surface area contributed by atoms with Crippen molar-refractivity contribution in [3.8, 4) is 33.5 Å². The lowest BCUT2D eigenvalue weighted by molar-refractivity contribution is -0.128. The van der Waals surface area contributed by atoms with Gasteiger partial charge in [-0.3, -0.25) is 4.79 Å². The summed E-state index contributed by atoms with van der Waals surface area (Å²) in [6.45, 7) is 9.82. The van der Waals surface area contributed by atoms with Crippen LogP contribution in [0.1, 0.15) is 81.1 Å². The van der Waals surface area contributed by atoms with Gasteiger partial charge in [-0.2, -0.15) is 4.98 Å². The maximum Gasteiger partial charge on any atom is 0.258 e. The summed E-state index contributed by atoms with van der Waals surface area (Å²) in [4.78, 5) is 22.0. The first-order valence-corrected chi connectivity index (χ1v) is 16.3. The van der Waals surface area contributed by atoms with Crippen LogP contribution in [-0.4, -0.2) is 61.7 Å². The molecule has 7 rings (SSSR count). The van der Waals surface area contributed by atoms with Crippen molar-refractivity contribution < 1.29 is 14.1 Å². The van der Waals surface area contributed by atoms with Crippen molar-refractivity contribution in [1.29, 1.82) is 0 Å². The highest BCUT2D eigenvalue weighted by atomic mass is 32.1. The molecule has 10 heteroatoms. The van der Waals surface area contributed by atoms with Crippen molar-refractivity contribution >= 4 is 17.2 Å². The zero-order valence-electron chi connectivity index (χ0n) is 25.0. The van der Waals surface area contributed by atoms with E-state index in [0.717, 1.165) is 71.0 Å². The molecule has 0 radical (unpaired) electrons. The minimum Gasteiger partial charge on any atom is -0.457 e. The van der Waals surface area contributed by atoms with E-state index in [-0.39, 0.29) is 5.91 Å². The topological polar surface area (TPSA) is 97.5 Å². The number of benzene rings is 2. The van der Waals surface area contributed by atoms with E-state index < -0.39 is 0 Å². The summed E-state index contributed by atoms with van der Waals surface area (Å²) in [5.41, 5.74) is 2.75. The predicted octanol–water partition coefficient (Wildman–Crippen LogP) is 6.88. The van der Waals surface area contributed by atoms with Crippen LogP contribution < -0.4 is 4.74 Å². The third-order valence-corrected chi connectivity index (χ3v) is 10.0. The summed E-state index contributed by atoms with van der Waals surface area (Å²) in [5, 5.41) is 15.0. The van der Waals surface area contributed by atoms with Crippen LogP contribution in [0, 0.1) is 5.92 Å². The summed E-state index contributed by atoms with van der Waals surface area (Å²) in [5.74, 6) is 3.87. The van der Waals surface area contributed by atoms with E-state index in [9.17, 15) is 4.79 Å². The summed E-state index contributed by atoms with van der Waals surface area (Å²) < 4.78 is 12.3. The van der Waals surface area contributed by atoms with Gasteiger partial charge in [-0.05, 0) is 81.1 Å². The Bertz CT molecular complexity index is 1590. The minimum atomic E-state index is 0.180. The molecule has 2 saturated heterocycles. The van der Waals surface area contributed by atoms with Crippen molar-refractivity contribution in [1.82, 2.24) is 30.1 Å². The van der Waals surface area contributed by atoms with Gasteiger partial charge in [0.2, 0.25) is 5.91 Å². The number of likely N-dealkylation sites (tertiary alicyclic amines) is 2. The lowest BCUT2D eigenvalue weighted by Gasteiger charge is -2.30. The monoisotopic (exact) mass is 598 g/mol. The molecule has 2 aromatic heterocycles. The van der Waals surface area contributed by atoms with Crippen LogP contribution in [0.15, 0.2) is 47.0 Å². The second kappa shape index (κ2) is 11.8. The number of nitrogens with zero attached hydrogens (tertiary/aromatic N) is 6. The summed E-state index contributed by atoms with van der Waals surface area (Å²) in [7, 11) is 0. The van der Waals surface area contributed by atoms with Gasteiger partial charge in [0.25, 0.3) is 5.89 Å². The number of carbonyl (C=O) groups is 1. The number of hydrogen-bond acceptors (Lipinski definition) is 9. The van der Waals surface area contributed by atoms with E-state index in [1.165, 1.54) is 12.8 Å². The van der Waals surface area contributed by atoms with E-state index >= 15 is 0 Å². The molecule has 3 aliphatic rings. The van der Waals surface area contributed by atoms with Crippen LogP contribution in [-0.2, 0) is 11.3 Å². The van der Waals surface area contributed by atoms with Crippen LogP contribution in [0.2, 0.25) is 0 Å². The number of rotatable bonds is 9. The fraction of sp³-hybridized carbons (Fsp3) is 0.485. The van der Waals surface area contributed by atoms with Crippen LogP contribution >= 0.6 is 11.3 Å². The molecular formula is C33H38N6O3S. The Labute approximate surface area is 256 Å². The highest BCUT2D eigenvalue weighted by Gasteiger charge is 2.33. The fourth-order valence-electron chi connectivity index (χ4n) is 6.10. The van der Waals surface area contributed by atoms with Crippen LogP contribution in [0.4, 0.5) is 0 Å². The van der Waals surface area contributed by atoms with Crippen molar-refractivity contribution in [3.63, 3.8) is 0 Å². The molecule has 4 aromatic rings. The van der Waals surface area contributed by atoms with E-state index in [1.54, 1.807) is 11.3 Å².